The Labute approximate surface area is 151 Å². The summed E-state index contributed by atoms with van der Waals surface area (Å²) in [5, 5.41) is 11.7. The molecule has 0 aliphatic carbocycles. The zero-order chi connectivity index (χ0) is 19.1. The molecule has 0 unspecified atom stereocenters. The highest BCUT2D eigenvalue weighted by Crippen LogP contribution is 2.11. The molecule has 136 valence electrons. The van der Waals surface area contributed by atoms with E-state index in [1.807, 2.05) is 12.1 Å². The maximum absolute atomic E-state index is 12.3. The molecule has 1 aromatic carbocycles. The number of aromatic nitrogens is 2. The molecule has 1 N–H and O–H groups in total. The van der Waals surface area contributed by atoms with E-state index in [4.69, 9.17) is 5.26 Å². The molecule has 7 heteroatoms. The quantitative estimate of drug-likeness (QED) is 0.821. The first-order chi connectivity index (χ1) is 12.5. The fourth-order valence-electron chi connectivity index (χ4n) is 2.58. The van der Waals surface area contributed by atoms with Gasteiger partial charge in [-0.3, -0.25) is 14.2 Å². The first kappa shape index (κ1) is 19.2. The lowest BCUT2D eigenvalue weighted by molar-refractivity contribution is -0.116. The van der Waals surface area contributed by atoms with Gasteiger partial charge in [-0.15, -0.1) is 0 Å². The molecular formula is C19H22N4O3. The van der Waals surface area contributed by atoms with E-state index >= 15 is 0 Å². The van der Waals surface area contributed by atoms with Crippen LogP contribution >= 0.6 is 0 Å². The maximum atomic E-state index is 12.3. The van der Waals surface area contributed by atoms with Crippen LogP contribution < -0.4 is 16.6 Å². The number of hydrogen-bond donors (Lipinski definition) is 1. The minimum Gasteiger partial charge on any atom is -0.325 e. The predicted octanol–water partition coefficient (Wildman–Crippen LogP) is 1.88. The van der Waals surface area contributed by atoms with Crippen molar-refractivity contribution < 1.29 is 4.79 Å². The summed E-state index contributed by atoms with van der Waals surface area (Å²) >= 11 is 0. The lowest BCUT2D eigenvalue weighted by atomic mass is 10.1. The van der Waals surface area contributed by atoms with Gasteiger partial charge >= 0.3 is 5.69 Å². The number of unbranched alkanes of at least 4 members (excludes halogenated alkanes) is 1. The number of hydrogen-bond acceptors (Lipinski definition) is 4. The minimum atomic E-state index is -0.757. The monoisotopic (exact) mass is 354 g/mol. The summed E-state index contributed by atoms with van der Waals surface area (Å²) in [5.74, 6) is -0.497. The lowest BCUT2D eigenvalue weighted by Gasteiger charge is -2.10. The largest absolute Gasteiger partial charge is 0.331 e. The van der Waals surface area contributed by atoms with E-state index in [-0.39, 0.29) is 5.56 Å². The highest BCUT2D eigenvalue weighted by atomic mass is 16.2. The zero-order valence-electron chi connectivity index (χ0n) is 15.0. The number of aryl methyl sites for hydroxylation is 2. The van der Waals surface area contributed by atoms with E-state index in [0.29, 0.717) is 12.2 Å². The molecule has 0 aliphatic rings. The Kier molecular flexibility index (Phi) is 6.50. The van der Waals surface area contributed by atoms with E-state index in [1.165, 1.54) is 16.3 Å². The Bertz CT molecular complexity index is 933. The molecule has 0 saturated heterocycles. The van der Waals surface area contributed by atoms with E-state index in [0.717, 1.165) is 23.8 Å². The second-order valence-corrected chi connectivity index (χ2v) is 5.96. The molecule has 26 heavy (non-hydrogen) atoms. The standard InChI is InChI=1S/C19H22N4O3/c1-3-5-6-14-7-9-16(10-8-14)21-17(24)13-23-18(25)15(11-20)12-22(4-2)19(23)26/h7-10,12H,3-6,13H2,1-2H3,(H,21,24). The molecular weight excluding hydrogens is 332 g/mol. The molecule has 1 amide bonds. The fraction of sp³-hybridized carbons (Fsp3) is 0.368. The summed E-state index contributed by atoms with van der Waals surface area (Å²) in [6.07, 6.45) is 4.42. The first-order valence-corrected chi connectivity index (χ1v) is 8.63. The lowest BCUT2D eigenvalue weighted by Crippen LogP contribution is -2.43. The van der Waals surface area contributed by atoms with Crippen LogP contribution in [0.15, 0.2) is 40.1 Å². The van der Waals surface area contributed by atoms with Gasteiger partial charge in [-0.1, -0.05) is 25.5 Å². The number of anilines is 1. The van der Waals surface area contributed by atoms with Crippen LogP contribution in [0, 0.1) is 11.3 Å². The Morgan fingerprint density at radius 2 is 1.88 bits per heavy atom. The van der Waals surface area contributed by atoms with Crippen LogP contribution in [0.25, 0.3) is 0 Å². The molecule has 0 atom stereocenters. The highest BCUT2D eigenvalue weighted by molar-refractivity contribution is 5.90. The van der Waals surface area contributed by atoms with Gasteiger partial charge in [0.15, 0.2) is 0 Å². The van der Waals surface area contributed by atoms with Gasteiger partial charge in [-0.25, -0.2) is 9.36 Å². The zero-order valence-corrected chi connectivity index (χ0v) is 15.0. The van der Waals surface area contributed by atoms with Crippen LogP contribution in [-0.4, -0.2) is 15.0 Å². The molecule has 0 aliphatic heterocycles. The van der Waals surface area contributed by atoms with Gasteiger partial charge in [0.1, 0.15) is 18.2 Å². The summed E-state index contributed by atoms with van der Waals surface area (Å²) < 4.78 is 2.02. The van der Waals surface area contributed by atoms with Crippen molar-refractivity contribution in [1.29, 1.82) is 5.26 Å². The van der Waals surface area contributed by atoms with Crippen molar-refractivity contribution in [2.75, 3.05) is 5.32 Å². The predicted molar refractivity (Wildman–Crippen MR) is 99.0 cm³/mol. The summed E-state index contributed by atoms with van der Waals surface area (Å²) in [5.41, 5.74) is 0.248. The Morgan fingerprint density at radius 3 is 2.46 bits per heavy atom. The van der Waals surface area contributed by atoms with Crippen molar-refractivity contribution in [2.45, 2.75) is 46.2 Å². The minimum absolute atomic E-state index is 0.167. The van der Waals surface area contributed by atoms with Gasteiger partial charge in [0.2, 0.25) is 5.91 Å². The SMILES string of the molecule is CCCCc1ccc(NC(=O)Cn2c(=O)c(C#N)cn(CC)c2=O)cc1. The Morgan fingerprint density at radius 1 is 1.19 bits per heavy atom. The van der Waals surface area contributed by atoms with Crippen molar-refractivity contribution in [3.05, 3.63) is 62.4 Å². The number of benzene rings is 1. The fourth-order valence-corrected chi connectivity index (χ4v) is 2.58. The van der Waals surface area contributed by atoms with Crippen LogP contribution in [0.3, 0.4) is 0 Å². The first-order valence-electron chi connectivity index (χ1n) is 8.63. The number of amides is 1. The summed E-state index contributed by atoms with van der Waals surface area (Å²) in [6.45, 7) is 3.71. The van der Waals surface area contributed by atoms with Gasteiger partial charge in [0.05, 0.1) is 0 Å². The Hall–Kier alpha value is -3.14. The highest BCUT2D eigenvalue weighted by Gasteiger charge is 2.14. The molecule has 2 aromatic rings. The number of carbonyl (C=O) groups excluding carboxylic acids is 1. The smallest absolute Gasteiger partial charge is 0.325 e. The topological polar surface area (TPSA) is 96.9 Å². The normalized spacial score (nSPS) is 10.3. The molecule has 0 saturated carbocycles. The maximum Gasteiger partial charge on any atom is 0.331 e. The van der Waals surface area contributed by atoms with E-state index < -0.39 is 23.7 Å². The molecule has 0 radical (unpaired) electrons. The van der Waals surface area contributed by atoms with Crippen LogP contribution in [0.1, 0.15) is 37.8 Å². The van der Waals surface area contributed by atoms with Crippen molar-refractivity contribution in [2.24, 2.45) is 0 Å². The van der Waals surface area contributed by atoms with Crippen LogP contribution in [-0.2, 0) is 24.3 Å². The van der Waals surface area contributed by atoms with Gasteiger partial charge < -0.3 is 5.32 Å². The molecule has 0 fully saturated rings. The molecule has 1 heterocycles. The van der Waals surface area contributed by atoms with E-state index in [2.05, 4.69) is 12.2 Å². The van der Waals surface area contributed by atoms with Crippen LogP contribution in [0.5, 0.6) is 0 Å². The average Bonchev–Trinajstić information content (AvgIpc) is 2.65. The summed E-state index contributed by atoms with van der Waals surface area (Å²) in [4.78, 5) is 36.7. The number of nitriles is 1. The van der Waals surface area contributed by atoms with Gasteiger partial charge in [-0.2, -0.15) is 5.26 Å². The number of rotatable bonds is 7. The summed E-state index contributed by atoms with van der Waals surface area (Å²) in [7, 11) is 0. The van der Waals surface area contributed by atoms with Crippen LogP contribution in [0.2, 0.25) is 0 Å². The number of carbonyl (C=O) groups is 1. The molecule has 0 spiro atoms. The molecule has 7 nitrogen and oxygen atoms in total. The molecule has 0 bridgehead atoms. The Balaban J connectivity index is 2.17. The molecule has 1 aromatic heterocycles. The number of nitrogens with zero attached hydrogens (tertiary/aromatic N) is 3. The third-order valence-corrected chi connectivity index (χ3v) is 4.06. The average molecular weight is 354 g/mol. The van der Waals surface area contributed by atoms with Gasteiger partial charge in [-0.05, 0) is 37.5 Å². The second kappa shape index (κ2) is 8.81. The number of nitrogens with one attached hydrogen (secondary N) is 1. The van der Waals surface area contributed by atoms with Crippen LogP contribution in [0.4, 0.5) is 5.69 Å². The van der Waals surface area contributed by atoms with Crippen molar-refractivity contribution in [3.8, 4) is 6.07 Å². The van der Waals surface area contributed by atoms with Gasteiger partial charge in [0.25, 0.3) is 5.56 Å². The van der Waals surface area contributed by atoms with Gasteiger partial charge in [0, 0.05) is 18.4 Å². The third-order valence-electron chi connectivity index (χ3n) is 4.06. The van der Waals surface area contributed by atoms with Crippen molar-refractivity contribution in [3.63, 3.8) is 0 Å². The summed E-state index contributed by atoms with van der Waals surface area (Å²) in [6, 6.07) is 9.23. The second-order valence-electron chi connectivity index (χ2n) is 5.96. The van der Waals surface area contributed by atoms with E-state index in [9.17, 15) is 14.4 Å². The van der Waals surface area contributed by atoms with Crippen molar-refractivity contribution in [1.82, 2.24) is 9.13 Å². The third kappa shape index (κ3) is 4.48. The van der Waals surface area contributed by atoms with E-state index in [1.54, 1.807) is 25.1 Å². The van der Waals surface area contributed by atoms with Crippen molar-refractivity contribution >= 4 is 11.6 Å². The molecule has 2 rings (SSSR count).